The van der Waals surface area contributed by atoms with E-state index in [1.165, 1.54) is 10.5 Å². The Morgan fingerprint density at radius 2 is 2.04 bits per heavy atom. The van der Waals surface area contributed by atoms with Crippen molar-refractivity contribution in [3.05, 3.63) is 40.7 Å². The van der Waals surface area contributed by atoms with E-state index in [-0.39, 0.29) is 4.90 Å². The molecule has 0 bridgehead atoms. The molecule has 0 amide bonds. The summed E-state index contributed by atoms with van der Waals surface area (Å²) in [5, 5.41) is 8.03. The van der Waals surface area contributed by atoms with E-state index in [4.69, 9.17) is 0 Å². The zero-order chi connectivity index (χ0) is 16.1. The van der Waals surface area contributed by atoms with Crippen LogP contribution < -0.4 is 5.43 Å². The van der Waals surface area contributed by atoms with Crippen LogP contribution in [0.4, 0.5) is 5.82 Å². The van der Waals surface area contributed by atoms with Crippen molar-refractivity contribution in [3.8, 4) is 0 Å². The second kappa shape index (κ2) is 7.20. The first-order valence-corrected chi connectivity index (χ1v) is 9.82. The fourth-order valence-electron chi connectivity index (χ4n) is 2.37. The minimum absolute atomic E-state index is 0.228. The third kappa shape index (κ3) is 3.95. The second-order valence-corrected chi connectivity index (χ2v) is 7.99. The lowest BCUT2D eigenvalue weighted by Gasteiger charge is -2.25. The Morgan fingerprint density at radius 1 is 1.22 bits per heavy atom. The molecule has 1 aliphatic heterocycles. The Hall–Kier alpha value is -1.77. The molecule has 0 unspecified atom stereocenters. The number of pyridine rings is 1. The number of rotatable bonds is 5. The number of sulfonamides is 1. The van der Waals surface area contributed by atoms with Gasteiger partial charge in [0, 0.05) is 24.8 Å². The highest BCUT2D eigenvalue weighted by atomic mass is 32.2. The van der Waals surface area contributed by atoms with Gasteiger partial charge < -0.3 is 0 Å². The van der Waals surface area contributed by atoms with Gasteiger partial charge in [-0.05, 0) is 41.8 Å². The van der Waals surface area contributed by atoms with Crippen molar-refractivity contribution < 1.29 is 8.42 Å². The van der Waals surface area contributed by atoms with E-state index < -0.39 is 10.0 Å². The lowest BCUT2D eigenvalue weighted by molar-refractivity contribution is 0.346. The normalized spacial score (nSPS) is 16.7. The molecule has 0 radical (unpaired) electrons. The van der Waals surface area contributed by atoms with E-state index in [1.54, 1.807) is 29.7 Å². The third-order valence-corrected chi connectivity index (χ3v) is 6.21. The molecule has 1 N–H and O–H groups in total. The van der Waals surface area contributed by atoms with Crippen molar-refractivity contribution >= 4 is 33.4 Å². The number of hydrogen-bond donors (Lipinski definition) is 1. The summed E-state index contributed by atoms with van der Waals surface area (Å²) in [4.78, 5) is 4.36. The predicted octanol–water partition coefficient (Wildman–Crippen LogP) is 2.76. The lowest BCUT2D eigenvalue weighted by Crippen LogP contribution is -2.35. The maximum Gasteiger partial charge on any atom is 0.244 e. The number of anilines is 1. The van der Waals surface area contributed by atoms with Gasteiger partial charge in [0.25, 0.3) is 0 Å². The summed E-state index contributed by atoms with van der Waals surface area (Å²) in [5.74, 6) is 0.508. The highest BCUT2D eigenvalue weighted by molar-refractivity contribution is 7.89. The fraction of sp³-hybridized carbons (Fsp3) is 0.333. The Kier molecular flexibility index (Phi) is 5.04. The minimum Gasteiger partial charge on any atom is -0.261 e. The molecule has 6 nitrogen and oxygen atoms in total. The van der Waals surface area contributed by atoms with E-state index in [9.17, 15) is 8.42 Å². The molecule has 2 aromatic rings. The molecule has 1 aliphatic rings. The van der Waals surface area contributed by atoms with Crippen molar-refractivity contribution in [1.29, 1.82) is 0 Å². The van der Waals surface area contributed by atoms with Crippen LogP contribution in [0.2, 0.25) is 0 Å². The van der Waals surface area contributed by atoms with E-state index in [2.05, 4.69) is 15.5 Å². The van der Waals surface area contributed by atoms with Gasteiger partial charge >= 0.3 is 0 Å². The van der Waals surface area contributed by atoms with Crippen LogP contribution in [-0.2, 0) is 10.0 Å². The highest BCUT2D eigenvalue weighted by Crippen LogP contribution is 2.20. The topological polar surface area (TPSA) is 74.7 Å². The minimum atomic E-state index is -3.43. The molecule has 0 aromatic carbocycles. The average Bonchev–Trinajstić information content (AvgIpc) is 3.10. The molecular formula is C15H18N4O2S2. The summed E-state index contributed by atoms with van der Waals surface area (Å²) in [5.41, 5.74) is 3.80. The number of aromatic nitrogens is 1. The van der Waals surface area contributed by atoms with Gasteiger partial charge in [-0.1, -0.05) is 6.42 Å². The number of hydrazone groups is 1. The predicted molar refractivity (Wildman–Crippen MR) is 92.4 cm³/mol. The molecule has 0 aliphatic carbocycles. The SMILES string of the molecule is O=S(=O)(c1ccc(N/N=C/c2ccsc2)nc1)N1CCCCC1. The van der Waals surface area contributed by atoms with Crippen molar-refractivity contribution in [1.82, 2.24) is 9.29 Å². The van der Waals surface area contributed by atoms with Crippen LogP contribution >= 0.6 is 11.3 Å². The van der Waals surface area contributed by atoms with Gasteiger partial charge in [-0.3, -0.25) is 5.43 Å². The molecule has 0 saturated carbocycles. The summed E-state index contributed by atoms with van der Waals surface area (Å²) >= 11 is 1.60. The van der Waals surface area contributed by atoms with Gasteiger partial charge in [0.1, 0.15) is 10.7 Å². The second-order valence-electron chi connectivity index (χ2n) is 5.27. The zero-order valence-corrected chi connectivity index (χ0v) is 14.2. The quantitative estimate of drug-likeness (QED) is 0.665. The Bertz CT molecular complexity index is 749. The summed E-state index contributed by atoms with van der Waals surface area (Å²) in [7, 11) is -3.43. The van der Waals surface area contributed by atoms with Crippen LogP contribution in [0.1, 0.15) is 24.8 Å². The number of hydrogen-bond acceptors (Lipinski definition) is 6. The smallest absolute Gasteiger partial charge is 0.244 e. The van der Waals surface area contributed by atoms with Gasteiger partial charge in [0.15, 0.2) is 0 Å². The zero-order valence-electron chi connectivity index (χ0n) is 12.6. The first-order valence-electron chi connectivity index (χ1n) is 7.44. The van der Waals surface area contributed by atoms with Gasteiger partial charge in [-0.25, -0.2) is 13.4 Å². The Balaban J connectivity index is 1.66. The summed E-state index contributed by atoms with van der Waals surface area (Å²) < 4.78 is 26.5. The molecule has 23 heavy (non-hydrogen) atoms. The van der Waals surface area contributed by atoms with Gasteiger partial charge in [-0.15, -0.1) is 0 Å². The Labute approximate surface area is 139 Å². The molecule has 3 rings (SSSR count). The first kappa shape index (κ1) is 16.1. The van der Waals surface area contributed by atoms with Crippen LogP contribution in [0, 0.1) is 0 Å². The van der Waals surface area contributed by atoms with E-state index >= 15 is 0 Å². The molecule has 2 aromatic heterocycles. The molecule has 1 saturated heterocycles. The van der Waals surface area contributed by atoms with Crippen molar-refractivity contribution in [2.45, 2.75) is 24.2 Å². The molecular weight excluding hydrogens is 332 g/mol. The van der Waals surface area contributed by atoms with Crippen LogP contribution in [-0.4, -0.2) is 37.0 Å². The van der Waals surface area contributed by atoms with Crippen LogP contribution in [0.3, 0.4) is 0 Å². The molecule has 3 heterocycles. The molecule has 122 valence electrons. The van der Waals surface area contributed by atoms with E-state index in [1.807, 2.05) is 16.8 Å². The number of nitrogens with zero attached hydrogens (tertiary/aromatic N) is 3. The van der Waals surface area contributed by atoms with E-state index in [0.717, 1.165) is 24.8 Å². The monoisotopic (exact) mass is 350 g/mol. The molecule has 0 spiro atoms. The van der Waals surface area contributed by atoms with Crippen LogP contribution in [0.5, 0.6) is 0 Å². The van der Waals surface area contributed by atoms with Gasteiger partial charge in [0.2, 0.25) is 10.0 Å². The number of nitrogens with one attached hydrogen (secondary N) is 1. The van der Waals surface area contributed by atoms with Gasteiger partial charge in [-0.2, -0.15) is 20.7 Å². The maximum atomic E-state index is 12.5. The highest BCUT2D eigenvalue weighted by Gasteiger charge is 2.25. The van der Waals surface area contributed by atoms with Crippen molar-refractivity contribution in [2.75, 3.05) is 18.5 Å². The number of thiophene rings is 1. The van der Waals surface area contributed by atoms with Gasteiger partial charge in [0.05, 0.1) is 6.21 Å². The Morgan fingerprint density at radius 3 is 2.70 bits per heavy atom. The van der Waals surface area contributed by atoms with Crippen LogP contribution in [0.15, 0.2) is 45.2 Å². The largest absolute Gasteiger partial charge is 0.261 e. The standard InChI is InChI=1S/C15H18N4O2S2/c20-23(21,19-7-2-1-3-8-19)14-4-5-15(16-11-14)18-17-10-13-6-9-22-12-13/h4-6,9-12H,1-3,7-8H2,(H,16,18)/b17-10+. The fourth-order valence-corrected chi connectivity index (χ4v) is 4.45. The third-order valence-electron chi connectivity index (χ3n) is 3.63. The number of piperidine rings is 1. The summed E-state index contributed by atoms with van der Waals surface area (Å²) in [6.07, 6.45) is 6.01. The van der Waals surface area contributed by atoms with Crippen molar-refractivity contribution in [3.63, 3.8) is 0 Å². The van der Waals surface area contributed by atoms with Crippen LogP contribution in [0.25, 0.3) is 0 Å². The molecule has 1 fully saturated rings. The average molecular weight is 350 g/mol. The first-order chi connectivity index (χ1) is 11.2. The summed E-state index contributed by atoms with van der Waals surface area (Å²) in [6.45, 7) is 1.18. The molecule has 0 atom stereocenters. The molecule has 8 heteroatoms. The lowest BCUT2D eigenvalue weighted by atomic mass is 10.2. The van der Waals surface area contributed by atoms with Crippen molar-refractivity contribution in [2.24, 2.45) is 5.10 Å². The summed E-state index contributed by atoms with van der Waals surface area (Å²) in [6, 6.07) is 5.15. The van der Waals surface area contributed by atoms with E-state index in [0.29, 0.717) is 18.9 Å². The maximum absolute atomic E-state index is 12.5.